The zero-order valence-corrected chi connectivity index (χ0v) is 8.33. The highest BCUT2D eigenvalue weighted by molar-refractivity contribution is 8.24. The molecule has 2 heterocycles. The Morgan fingerprint density at radius 3 is 2.92 bits per heavy atom. The summed E-state index contributed by atoms with van der Waals surface area (Å²) in [6.07, 6.45) is 3.34. The number of aliphatic imine (C=N–C) groups is 1. The summed E-state index contributed by atoms with van der Waals surface area (Å²) in [7, 11) is 0. The summed E-state index contributed by atoms with van der Waals surface area (Å²) in [4.78, 5) is 16.6. The molecule has 64 valence electrons. The van der Waals surface area contributed by atoms with Crippen molar-refractivity contribution in [3.63, 3.8) is 0 Å². The number of nitrogens with zero attached hydrogens (tertiary/aromatic N) is 2. The molecule has 0 aromatic heterocycles. The van der Waals surface area contributed by atoms with Gasteiger partial charge in [0.2, 0.25) is 11.3 Å². The smallest absolute Gasteiger partial charge is 0.218 e. The van der Waals surface area contributed by atoms with Crippen molar-refractivity contribution in [2.24, 2.45) is 4.99 Å². The maximum absolute atomic E-state index is 11.0. The SMILES string of the molecule is CC1=C2SC(=O)C=C2SC1=NC#N. The van der Waals surface area contributed by atoms with Gasteiger partial charge >= 0.3 is 0 Å². The van der Waals surface area contributed by atoms with Crippen LogP contribution in [0.3, 0.4) is 0 Å². The minimum Gasteiger partial charge on any atom is -0.282 e. The Bertz CT molecular complexity index is 426. The summed E-state index contributed by atoms with van der Waals surface area (Å²) in [6.45, 7) is 1.88. The first kappa shape index (κ1) is 8.60. The van der Waals surface area contributed by atoms with E-state index in [9.17, 15) is 4.79 Å². The Balaban J connectivity index is 2.44. The predicted molar refractivity (Wildman–Crippen MR) is 54.0 cm³/mol. The average molecular weight is 208 g/mol. The fourth-order valence-corrected chi connectivity index (χ4v) is 3.26. The van der Waals surface area contributed by atoms with Crippen molar-refractivity contribution in [3.05, 3.63) is 21.5 Å². The highest BCUT2D eigenvalue weighted by atomic mass is 32.2. The van der Waals surface area contributed by atoms with E-state index in [1.165, 1.54) is 23.5 Å². The van der Waals surface area contributed by atoms with Crippen molar-refractivity contribution in [1.82, 2.24) is 0 Å². The van der Waals surface area contributed by atoms with E-state index in [0.717, 1.165) is 15.4 Å². The number of carbonyl (C=O) groups excluding carboxylic acids is 1. The van der Waals surface area contributed by atoms with Crippen molar-refractivity contribution >= 4 is 33.7 Å². The number of hydrogen-bond donors (Lipinski definition) is 0. The lowest BCUT2D eigenvalue weighted by Gasteiger charge is -1.92. The molecule has 0 radical (unpaired) electrons. The number of hydrogen-bond acceptors (Lipinski definition) is 5. The van der Waals surface area contributed by atoms with E-state index in [2.05, 4.69) is 4.99 Å². The summed E-state index contributed by atoms with van der Waals surface area (Å²) in [6, 6.07) is 0. The highest BCUT2D eigenvalue weighted by Crippen LogP contribution is 2.48. The van der Waals surface area contributed by atoms with Crippen LogP contribution in [-0.4, -0.2) is 10.2 Å². The van der Waals surface area contributed by atoms with Crippen LogP contribution >= 0.6 is 23.5 Å². The first-order valence-electron chi connectivity index (χ1n) is 3.52. The van der Waals surface area contributed by atoms with Crippen LogP contribution in [0.15, 0.2) is 26.5 Å². The van der Waals surface area contributed by atoms with Crippen molar-refractivity contribution in [2.45, 2.75) is 6.92 Å². The first-order valence-corrected chi connectivity index (χ1v) is 5.15. The molecule has 0 amide bonds. The second-order valence-corrected chi connectivity index (χ2v) is 4.55. The Labute approximate surface area is 83.6 Å². The first-order chi connectivity index (χ1) is 6.22. The van der Waals surface area contributed by atoms with Gasteiger partial charge in [0.15, 0.2) is 0 Å². The number of nitriles is 1. The van der Waals surface area contributed by atoms with Gasteiger partial charge in [0, 0.05) is 15.9 Å². The molecule has 0 aromatic carbocycles. The van der Waals surface area contributed by atoms with Crippen LogP contribution in [0.25, 0.3) is 0 Å². The van der Waals surface area contributed by atoms with Crippen LogP contribution in [-0.2, 0) is 4.79 Å². The number of carbonyl (C=O) groups is 1. The predicted octanol–water partition coefficient (Wildman–Crippen LogP) is 2.04. The van der Waals surface area contributed by atoms with Crippen LogP contribution in [0, 0.1) is 11.5 Å². The van der Waals surface area contributed by atoms with Crippen molar-refractivity contribution in [3.8, 4) is 6.19 Å². The largest absolute Gasteiger partial charge is 0.282 e. The molecule has 13 heavy (non-hydrogen) atoms. The summed E-state index contributed by atoms with van der Waals surface area (Å²) >= 11 is 2.60. The van der Waals surface area contributed by atoms with Crippen LogP contribution in [0.5, 0.6) is 0 Å². The van der Waals surface area contributed by atoms with E-state index in [-0.39, 0.29) is 5.12 Å². The lowest BCUT2D eigenvalue weighted by Crippen LogP contribution is -1.88. The zero-order chi connectivity index (χ0) is 9.42. The minimum absolute atomic E-state index is 0.0628. The van der Waals surface area contributed by atoms with Gasteiger partial charge in [-0.05, 0) is 24.3 Å². The van der Waals surface area contributed by atoms with Gasteiger partial charge in [-0.2, -0.15) is 10.3 Å². The molecule has 0 fully saturated rings. The maximum Gasteiger partial charge on any atom is 0.218 e. The molecule has 2 aliphatic rings. The molecule has 0 aromatic rings. The fourth-order valence-electron chi connectivity index (χ4n) is 1.12. The molecule has 2 aliphatic heterocycles. The third kappa shape index (κ3) is 1.32. The van der Waals surface area contributed by atoms with Crippen LogP contribution in [0.1, 0.15) is 6.92 Å². The molecule has 0 saturated carbocycles. The molecule has 0 N–H and O–H groups in total. The third-order valence-electron chi connectivity index (χ3n) is 1.69. The van der Waals surface area contributed by atoms with Gasteiger partial charge in [0.25, 0.3) is 0 Å². The van der Waals surface area contributed by atoms with Gasteiger partial charge in [-0.1, -0.05) is 11.8 Å². The van der Waals surface area contributed by atoms with Gasteiger partial charge in [-0.25, -0.2) is 0 Å². The molecule has 0 unspecified atom stereocenters. The molecule has 0 atom stereocenters. The lowest BCUT2D eigenvalue weighted by molar-refractivity contribution is -0.106. The Morgan fingerprint density at radius 2 is 2.31 bits per heavy atom. The summed E-state index contributed by atoms with van der Waals surface area (Å²) < 4.78 is 0. The van der Waals surface area contributed by atoms with E-state index >= 15 is 0 Å². The molecule has 5 heteroatoms. The minimum atomic E-state index is 0.0628. The standard InChI is InChI=1S/C8H4N2OS2/c1-4-7-5(2-6(11)13-7)12-8(4)10-3-9/h2H,1H3. The molecular weight excluding hydrogens is 204 g/mol. The van der Waals surface area contributed by atoms with Gasteiger partial charge in [-0.15, -0.1) is 0 Å². The second-order valence-electron chi connectivity index (χ2n) is 2.50. The van der Waals surface area contributed by atoms with Gasteiger partial charge in [-0.3, -0.25) is 4.79 Å². The zero-order valence-electron chi connectivity index (χ0n) is 6.70. The molecular formula is C8H4N2OS2. The number of fused-ring (bicyclic) bond motifs is 1. The van der Waals surface area contributed by atoms with Crippen molar-refractivity contribution in [1.29, 1.82) is 5.26 Å². The van der Waals surface area contributed by atoms with E-state index in [4.69, 9.17) is 5.26 Å². The summed E-state index contributed by atoms with van der Waals surface area (Å²) in [5.74, 6) is 0. The van der Waals surface area contributed by atoms with E-state index in [1.54, 1.807) is 12.3 Å². The quantitative estimate of drug-likeness (QED) is 0.572. The highest BCUT2D eigenvalue weighted by Gasteiger charge is 2.30. The van der Waals surface area contributed by atoms with E-state index in [0.29, 0.717) is 5.04 Å². The van der Waals surface area contributed by atoms with E-state index < -0.39 is 0 Å². The van der Waals surface area contributed by atoms with Crippen LogP contribution in [0.2, 0.25) is 0 Å². The maximum atomic E-state index is 11.0. The molecule has 0 spiro atoms. The van der Waals surface area contributed by atoms with Crippen molar-refractivity contribution < 1.29 is 4.79 Å². The summed E-state index contributed by atoms with van der Waals surface area (Å²) in [5, 5.41) is 9.17. The average Bonchev–Trinajstić information content (AvgIpc) is 2.54. The molecule has 3 nitrogen and oxygen atoms in total. The molecule has 0 aliphatic carbocycles. The number of thioether (sulfide) groups is 2. The fraction of sp³-hybridized carbons (Fsp3) is 0.125. The van der Waals surface area contributed by atoms with Crippen LogP contribution < -0.4 is 0 Å². The van der Waals surface area contributed by atoms with E-state index in [1.807, 2.05) is 6.92 Å². The Kier molecular flexibility index (Phi) is 2.02. The molecule has 0 saturated heterocycles. The van der Waals surface area contributed by atoms with Gasteiger partial charge in [0.05, 0.1) is 0 Å². The topological polar surface area (TPSA) is 53.2 Å². The number of rotatable bonds is 0. The van der Waals surface area contributed by atoms with Gasteiger partial charge < -0.3 is 0 Å². The van der Waals surface area contributed by atoms with Crippen molar-refractivity contribution in [2.75, 3.05) is 0 Å². The molecule has 2 rings (SSSR count). The third-order valence-corrected chi connectivity index (χ3v) is 4.01. The summed E-state index contributed by atoms with van der Waals surface area (Å²) in [5.41, 5.74) is 0.939. The van der Waals surface area contributed by atoms with Crippen LogP contribution in [0.4, 0.5) is 0 Å². The van der Waals surface area contributed by atoms with Gasteiger partial charge in [0.1, 0.15) is 5.04 Å². The Morgan fingerprint density at radius 1 is 1.54 bits per heavy atom. The normalized spacial score (nSPS) is 23.5. The molecule has 0 bridgehead atoms. The second kappa shape index (κ2) is 3.05. The monoisotopic (exact) mass is 208 g/mol. The Hall–Kier alpha value is -0.990. The lowest BCUT2D eigenvalue weighted by atomic mass is 10.3.